The van der Waals surface area contributed by atoms with E-state index in [4.69, 9.17) is 4.74 Å². The van der Waals surface area contributed by atoms with Crippen molar-refractivity contribution in [3.63, 3.8) is 0 Å². The predicted molar refractivity (Wildman–Crippen MR) is 124 cm³/mol. The van der Waals surface area contributed by atoms with Crippen LogP contribution in [0.15, 0.2) is 42.7 Å². The van der Waals surface area contributed by atoms with E-state index in [1.54, 1.807) is 0 Å². The number of rotatable bonds is 8. The Hall–Kier alpha value is -1.69. The maximum Gasteiger partial charge on any atom is 0.0702 e. The molecule has 2 saturated heterocycles. The molecule has 0 bridgehead atoms. The van der Waals surface area contributed by atoms with Crippen LogP contribution in [0.2, 0.25) is 0 Å². The third-order valence-corrected chi connectivity index (χ3v) is 7.58. The van der Waals surface area contributed by atoms with Crippen molar-refractivity contribution in [3.8, 4) is 5.69 Å². The smallest absolute Gasteiger partial charge is 0.0702 e. The van der Waals surface area contributed by atoms with Gasteiger partial charge in [-0.3, -0.25) is 4.90 Å². The first kappa shape index (κ1) is 21.2. The lowest BCUT2D eigenvalue weighted by atomic mass is 9.94. The zero-order valence-corrected chi connectivity index (χ0v) is 18.9. The number of hydrogen-bond donors (Lipinski definition) is 0. The molecule has 1 saturated carbocycles. The molecule has 0 N–H and O–H groups in total. The van der Waals surface area contributed by atoms with Gasteiger partial charge in [0.1, 0.15) is 0 Å². The molecule has 31 heavy (non-hydrogen) atoms. The van der Waals surface area contributed by atoms with Crippen LogP contribution in [0.1, 0.15) is 56.9 Å². The fraction of sp³-hybridized carbons (Fsp3) is 0.654. The molecular weight excluding hydrogens is 384 g/mol. The molecule has 0 unspecified atom stereocenters. The summed E-state index contributed by atoms with van der Waals surface area (Å²) in [6.07, 6.45) is 15.2. The third kappa shape index (κ3) is 5.57. The van der Waals surface area contributed by atoms with E-state index in [0.717, 1.165) is 37.3 Å². The highest BCUT2D eigenvalue weighted by atomic mass is 16.5. The zero-order valence-electron chi connectivity index (χ0n) is 18.9. The highest BCUT2D eigenvalue weighted by molar-refractivity contribution is 5.35. The lowest BCUT2D eigenvalue weighted by Gasteiger charge is -2.38. The van der Waals surface area contributed by atoms with E-state index >= 15 is 0 Å². The minimum absolute atomic E-state index is 0.410. The van der Waals surface area contributed by atoms with E-state index < -0.39 is 0 Å². The molecule has 2 aliphatic heterocycles. The quantitative estimate of drug-likeness (QED) is 0.627. The van der Waals surface area contributed by atoms with Crippen LogP contribution in [-0.2, 0) is 11.3 Å². The van der Waals surface area contributed by atoms with E-state index in [2.05, 4.69) is 39.2 Å². The molecule has 3 heterocycles. The number of benzene rings is 1. The van der Waals surface area contributed by atoms with Gasteiger partial charge in [0.2, 0.25) is 0 Å². The van der Waals surface area contributed by atoms with Gasteiger partial charge in [-0.2, -0.15) is 5.10 Å². The van der Waals surface area contributed by atoms with Gasteiger partial charge in [0.05, 0.1) is 11.8 Å². The Morgan fingerprint density at radius 2 is 1.84 bits per heavy atom. The van der Waals surface area contributed by atoms with E-state index in [9.17, 15) is 0 Å². The van der Waals surface area contributed by atoms with Gasteiger partial charge in [-0.1, -0.05) is 25.0 Å². The molecule has 0 radical (unpaired) electrons. The highest BCUT2D eigenvalue weighted by Gasteiger charge is 2.29. The normalized spacial score (nSPS) is 23.8. The second-order valence-electron chi connectivity index (χ2n) is 9.87. The lowest BCUT2D eigenvalue weighted by molar-refractivity contribution is 0.0540. The van der Waals surface area contributed by atoms with E-state index in [1.165, 1.54) is 76.6 Å². The number of piperidine rings is 1. The van der Waals surface area contributed by atoms with E-state index in [0.29, 0.717) is 6.10 Å². The van der Waals surface area contributed by atoms with E-state index in [1.807, 2.05) is 23.1 Å². The van der Waals surface area contributed by atoms with Crippen LogP contribution in [0.3, 0.4) is 0 Å². The van der Waals surface area contributed by atoms with Crippen molar-refractivity contribution < 1.29 is 4.74 Å². The van der Waals surface area contributed by atoms with Gasteiger partial charge in [-0.05, 0) is 81.3 Å². The summed E-state index contributed by atoms with van der Waals surface area (Å²) in [7, 11) is 0. The molecule has 1 aliphatic carbocycles. The summed E-state index contributed by atoms with van der Waals surface area (Å²) in [5, 5.41) is 4.40. The number of hydrogen-bond acceptors (Lipinski definition) is 4. The highest BCUT2D eigenvalue weighted by Crippen LogP contribution is 2.29. The molecule has 5 nitrogen and oxygen atoms in total. The summed E-state index contributed by atoms with van der Waals surface area (Å²) < 4.78 is 7.96. The number of likely N-dealkylation sites (tertiary alicyclic amines) is 1. The molecule has 5 heteroatoms. The first-order chi connectivity index (χ1) is 15.3. The fourth-order valence-corrected chi connectivity index (χ4v) is 5.89. The minimum Gasteiger partial charge on any atom is -0.377 e. The second-order valence-corrected chi connectivity index (χ2v) is 9.87. The van der Waals surface area contributed by atoms with Crippen molar-refractivity contribution in [1.29, 1.82) is 0 Å². The topological polar surface area (TPSA) is 33.5 Å². The molecule has 3 aliphatic rings. The van der Waals surface area contributed by atoms with Crippen LogP contribution < -0.4 is 0 Å². The molecule has 1 aromatic carbocycles. The molecule has 0 amide bonds. The van der Waals surface area contributed by atoms with Gasteiger partial charge in [-0.25, -0.2) is 4.68 Å². The molecule has 0 spiro atoms. The number of aromatic nitrogens is 2. The fourth-order valence-electron chi connectivity index (χ4n) is 5.89. The number of ether oxygens (including phenoxy) is 1. The molecule has 168 valence electrons. The van der Waals surface area contributed by atoms with E-state index in [-0.39, 0.29) is 0 Å². The Balaban J connectivity index is 1.21. The molecule has 1 aromatic heterocycles. The molecule has 5 rings (SSSR count). The Kier molecular flexibility index (Phi) is 7.02. The predicted octanol–water partition coefficient (Wildman–Crippen LogP) is 4.51. The zero-order chi connectivity index (χ0) is 20.9. The molecule has 1 atom stereocenters. The second kappa shape index (κ2) is 10.3. The third-order valence-electron chi connectivity index (χ3n) is 7.58. The monoisotopic (exact) mass is 422 g/mol. The summed E-state index contributed by atoms with van der Waals surface area (Å²) in [6, 6.07) is 11.7. The van der Waals surface area contributed by atoms with Gasteiger partial charge in [0.25, 0.3) is 0 Å². The van der Waals surface area contributed by atoms with Gasteiger partial charge >= 0.3 is 0 Å². The van der Waals surface area contributed by atoms with Gasteiger partial charge in [0, 0.05) is 44.7 Å². The van der Waals surface area contributed by atoms with Crippen molar-refractivity contribution in [2.75, 3.05) is 32.8 Å². The maximum absolute atomic E-state index is 6.01. The van der Waals surface area contributed by atoms with Crippen molar-refractivity contribution in [2.24, 2.45) is 5.92 Å². The van der Waals surface area contributed by atoms with Crippen LogP contribution in [0, 0.1) is 5.92 Å². The Bertz CT molecular complexity index is 787. The minimum atomic E-state index is 0.410. The van der Waals surface area contributed by atoms with Crippen LogP contribution in [0.5, 0.6) is 0 Å². The lowest BCUT2D eigenvalue weighted by Crippen LogP contribution is -2.43. The largest absolute Gasteiger partial charge is 0.377 e. The maximum atomic E-state index is 6.01. The summed E-state index contributed by atoms with van der Waals surface area (Å²) >= 11 is 0. The average molecular weight is 423 g/mol. The van der Waals surface area contributed by atoms with Crippen molar-refractivity contribution in [1.82, 2.24) is 19.6 Å². The van der Waals surface area contributed by atoms with Crippen LogP contribution in [0.25, 0.3) is 5.69 Å². The molecule has 3 fully saturated rings. The SMILES string of the molecule is c1cc(CN(CC2CCN(C3CCCC3)CC2)C[C@H]2CCCO2)cc(-n2cccn2)c1. The Morgan fingerprint density at radius 3 is 2.58 bits per heavy atom. The molecular formula is C26H38N4O. The van der Waals surface area contributed by atoms with Crippen LogP contribution in [-0.4, -0.2) is 64.5 Å². The Morgan fingerprint density at radius 1 is 0.968 bits per heavy atom. The summed E-state index contributed by atoms with van der Waals surface area (Å²) in [5.41, 5.74) is 2.51. The summed E-state index contributed by atoms with van der Waals surface area (Å²) in [6.45, 7) is 6.81. The van der Waals surface area contributed by atoms with Crippen LogP contribution >= 0.6 is 0 Å². The first-order valence-corrected chi connectivity index (χ1v) is 12.5. The van der Waals surface area contributed by atoms with Crippen molar-refractivity contribution in [3.05, 3.63) is 48.3 Å². The van der Waals surface area contributed by atoms with Crippen molar-refractivity contribution >= 4 is 0 Å². The van der Waals surface area contributed by atoms with Crippen molar-refractivity contribution in [2.45, 2.75) is 70.1 Å². The first-order valence-electron chi connectivity index (χ1n) is 12.5. The Labute approximate surface area is 187 Å². The molecule has 2 aromatic rings. The van der Waals surface area contributed by atoms with Gasteiger partial charge < -0.3 is 9.64 Å². The van der Waals surface area contributed by atoms with Gasteiger partial charge in [0.15, 0.2) is 0 Å². The standard InChI is InChI=1S/C26H38N4O/c1-2-8-24(7-1)29-15-11-22(12-16-29)19-28(21-26-10-4-17-31-26)20-23-6-3-9-25(18-23)30-14-5-13-27-30/h3,5-6,9,13-14,18,22,24,26H,1-2,4,7-8,10-12,15-17,19-21H2/t26-/m1/s1. The van der Waals surface area contributed by atoms with Crippen LogP contribution in [0.4, 0.5) is 0 Å². The number of nitrogens with zero attached hydrogens (tertiary/aromatic N) is 4. The summed E-state index contributed by atoms with van der Waals surface area (Å²) in [5.74, 6) is 0.813. The average Bonchev–Trinajstić information content (AvgIpc) is 3.58. The summed E-state index contributed by atoms with van der Waals surface area (Å²) in [4.78, 5) is 5.47. The van der Waals surface area contributed by atoms with Gasteiger partial charge in [-0.15, -0.1) is 0 Å².